The summed E-state index contributed by atoms with van der Waals surface area (Å²) in [5, 5.41) is 0.0896. The van der Waals surface area contributed by atoms with E-state index >= 15 is 0 Å². The van der Waals surface area contributed by atoms with Crippen LogP contribution in [0.15, 0.2) is 42.6 Å². The van der Waals surface area contributed by atoms with Gasteiger partial charge in [-0.05, 0) is 67.1 Å². The summed E-state index contributed by atoms with van der Waals surface area (Å²) in [4.78, 5) is 32.1. The number of anilines is 1. The molecule has 1 aliphatic heterocycles. The number of amides is 2. The van der Waals surface area contributed by atoms with Gasteiger partial charge in [0.05, 0.1) is 0 Å². The van der Waals surface area contributed by atoms with E-state index in [0.717, 1.165) is 30.7 Å². The van der Waals surface area contributed by atoms with Crippen molar-refractivity contribution in [3.8, 4) is 0 Å². The number of benzene rings is 1. The lowest BCUT2D eigenvalue weighted by atomic mass is 9.68. The first-order valence-corrected chi connectivity index (χ1v) is 10.9. The van der Waals surface area contributed by atoms with Crippen molar-refractivity contribution in [3.63, 3.8) is 0 Å². The molecule has 30 heavy (non-hydrogen) atoms. The molecule has 1 saturated carbocycles. The molecule has 0 bridgehead atoms. The predicted molar refractivity (Wildman–Crippen MR) is 118 cm³/mol. The molecule has 2 heterocycles. The number of nitrogens with zero attached hydrogens (tertiary/aromatic N) is 3. The molecule has 6 nitrogen and oxygen atoms in total. The number of urea groups is 1. The van der Waals surface area contributed by atoms with Crippen molar-refractivity contribution in [2.75, 3.05) is 24.5 Å². The zero-order valence-electron chi connectivity index (χ0n) is 16.6. The van der Waals surface area contributed by atoms with Crippen molar-refractivity contribution >= 4 is 40.2 Å². The summed E-state index contributed by atoms with van der Waals surface area (Å²) < 4.78 is 0. The van der Waals surface area contributed by atoms with Gasteiger partial charge in [-0.2, -0.15) is 0 Å². The van der Waals surface area contributed by atoms with Crippen molar-refractivity contribution in [1.29, 1.82) is 0 Å². The number of nitrogens with two attached hydrogens (primary N) is 1. The van der Waals surface area contributed by atoms with Crippen LogP contribution in [-0.2, 0) is 5.41 Å². The SMILES string of the molecule is NCC1(c2cccc(Cl)c2)CCC(N2CCN(c3ccnc(C(=O)Cl)c3)C2=O)CC1. The molecule has 1 aromatic carbocycles. The topological polar surface area (TPSA) is 79.5 Å². The van der Waals surface area contributed by atoms with Gasteiger partial charge in [0.2, 0.25) is 0 Å². The summed E-state index contributed by atoms with van der Waals surface area (Å²) in [5.74, 6) is 0. The van der Waals surface area contributed by atoms with Crippen molar-refractivity contribution in [2.24, 2.45) is 5.73 Å². The lowest BCUT2D eigenvalue weighted by Gasteiger charge is -2.42. The average Bonchev–Trinajstić information content (AvgIpc) is 3.15. The molecule has 2 amide bonds. The fraction of sp³-hybridized carbons (Fsp3) is 0.409. The van der Waals surface area contributed by atoms with Crippen LogP contribution < -0.4 is 10.6 Å². The summed E-state index contributed by atoms with van der Waals surface area (Å²) >= 11 is 11.7. The number of hydrogen-bond donors (Lipinski definition) is 1. The smallest absolute Gasteiger partial charge is 0.324 e. The Labute approximate surface area is 185 Å². The first kappa shape index (κ1) is 21.1. The molecule has 0 atom stereocenters. The number of carbonyl (C=O) groups is 2. The highest BCUT2D eigenvalue weighted by Gasteiger charge is 2.41. The Kier molecular flexibility index (Phi) is 6.00. The number of halogens is 2. The molecule has 4 rings (SSSR count). The van der Waals surface area contributed by atoms with Crippen LogP contribution in [0.5, 0.6) is 0 Å². The van der Waals surface area contributed by atoms with Crippen molar-refractivity contribution < 1.29 is 9.59 Å². The second kappa shape index (κ2) is 8.53. The third-order valence-corrected chi connectivity index (χ3v) is 6.91. The molecule has 1 aliphatic carbocycles. The Hall–Kier alpha value is -2.15. The predicted octanol–water partition coefficient (Wildman–Crippen LogP) is 4.20. The third kappa shape index (κ3) is 3.92. The maximum Gasteiger partial charge on any atom is 0.324 e. The molecule has 2 aromatic rings. The van der Waals surface area contributed by atoms with Crippen LogP contribution in [0.2, 0.25) is 5.02 Å². The quantitative estimate of drug-likeness (QED) is 0.697. The van der Waals surface area contributed by atoms with Crippen LogP contribution in [0.25, 0.3) is 0 Å². The Balaban J connectivity index is 1.46. The lowest BCUT2D eigenvalue weighted by Crippen LogP contribution is -2.46. The zero-order valence-corrected chi connectivity index (χ0v) is 18.1. The van der Waals surface area contributed by atoms with E-state index in [1.807, 2.05) is 23.1 Å². The molecule has 0 spiro atoms. The van der Waals surface area contributed by atoms with Crippen molar-refractivity contribution in [2.45, 2.75) is 37.1 Å². The van der Waals surface area contributed by atoms with Gasteiger partial charge in [0.25, 0.3) is 5.24 Å². The van der Waals surface area contributed by atoms with Crippen LogP contribution >= 0.6 is 23.2 Å². The number of carbonyl (C=O) groups excluding carboxylic acids is 2. The Morgan fingerprint density at radius 1 is 1.20 bits per heavy atom. The lowest BCUT2D eigenvalue weighted by molar-refractivity contribution is 0.107. The molecule has 8 heteroatoms. The first-order chi connectivity index (χ1) is 14.4. The minimum atomic E-state index is -0.633. The number of rotatable bonds is 5. The summed E-state index contributed by atoms with van der Waals surface area (Å²) in [6, 6.07) is 11.4. The maximum absolute atomic E-state index is 13.1. The van der Waals surface area contributed by atoms with Crippen LogP contribution in [0.1, 0.15) is 41.7 Å². The normalized spacial score (nSPS) is 24.4. The highest BCUT2D eigenvalue weighted by Crippen LogP contribution is 2.41. The van der Waals surface area contributed by atoms with Crippen LogP contribution in [0, 0.1) is 0 Å². The molecule has 2 N–H and O–H groups in total. The van der Waals surface area contributed by atoms with Gasteiger partial charge in [-0.15, -0.1) is 0 Å². The Morgan fingerprint density at radius 2 is 1.97 bits per heavy atom. The van der Waals surface area contributed by atoms with Gasteiger partial charge in [0.1, 0.15) is 5.69 Å². The second-order valence-corrected chi connectivity index (χ2v) is 8.81. The highest BCUT2D eigenvalue weighted by atomic mass is 35.5. The first-order valence-electron chi connectivity index (χ1n) is 10.1. The largest absolute Gasteiger partial charge is 0.330 e. The fourth-order valence-corrected chi connectivity index (χ4v) is 5.02. The highest BCUT2D eigenvalue weighted by molar-refractivity contribution is 6.67. The van der Waals surface area contributed by atoms with Gasteiger partial charge in [0.15, 0.2) is 0 Å². The van der Waals surface area contributed by atoms with E-state index in [1.165, 1.54) is 11.8 Å². The minimum Gasteiger partial charge on any atom is -0.330 e. The van der Waals surface area contributed by atoms with Gasteiger partial charge >= 0.3 is 6.03 Å². The number of hydrogen-bond acceptors (Lipinski definition) is 4. The molecule has 0 unspecified atom stereocenters. The van der Waals surface area contributed by atoms with Crippen LogP contribution in [0.3, 0.4) is 0 Å². The van der Waals surface area contributed by atoms with Gasteiger partial charge in [-0.1, -0.05) is 23.7 Å². The van der Waals surface area contributed by atoms with Gasteiger partial charge in [-0.3, -0.25) is 14.7 Å². The average molecular weight is 447 g/mol. The van der Waals surface area contributed by atoms with Gasteiger partial charge in [0, 0.05) is 48.0 Å². The molecule has 2 aliphatic rings. The maximum atomic E-state index is 13.1. The van der Waals surface area contributed by atoms with E-state index in [9.17, 15) is 9.59 Å². The second-order valence-electron chi connectivity index (χ2n) is 8.03. The van der Waals surface area contributed by atoms with E-state index in [1.54, 1.807) is 17.0 Å². The fourth-order valence-electron chi connectivity index (χ4n) is 4.72. The molecular weight excluding hydrogens is 423 g/mol. The minimum absolute atomic E-state index is 0.0397. The number of pyridine rings is 1. The Bertz CT molecular complexity index is 960. The molecule has 158 valence electrons. The van der Waals surface area contributed by atoms with Crippen molar-refractivity contribution in [1.82, 2.24) is 9.88 Å². The summed E-state index contributed by atoms with van der Waals surface area (Å²) in [5.41, 5.74) is 8.09. The standard InChI is InChI=1S/C22H24Cl2N4O2/c23-16-3-1-2-15(12-16)22(14-25)7-4-17(5-8-22)27-10-11-28(21(27)30)18-6-9-26-19(13-18)20(24)29/h1-3,6,9,12-13,17H,4-5,7-8,10-11,14,25H2. The summed E-state index contributed by atoms with van der Waals surface area (Å²) in [7, 11) is 0. The molecule has 1 saturated heterocycles. The molecule has 1 aromatic heterocycles. The summed E-state index contributed by atoms with van der Waals surface area (Å²) in [6.45, 7) is 1.79. The van der Waals surface area contributed by atoms with Gasteiger partial charge in [-0.25, -0.2) is 4.79 Å². The zero-order chi connectivity index (χ0) is 21.3. The van der Waals surface area contributed by atoms with Crippen LogP contribution in [0.4, 0.5) is 10.5 Å². The van der Waals surface area contributed by atoms with Crippen LogP contribution in [-0.4, -0.2) is 46.8 Å². The van der Waals surface area contributed by atoms with E-state index in [0.29, 0.717) is 25.3 Å². The monoisotopic (exact) mass is 446 g/mol. The molecule has 0 radical (unpaired) electrons. The Morgan fingerprint density at radius 3 is 2.63 bits per heavy atom. The van der Waals surface area contributed by atoms with E-state index in [2.05, 4.69) is 11.1 Å². The van der Waals surface area contributed by atoms with E-state index in [4.69, 9.17) is 28.9 Å². The number of aromatic nitrogens is 1. The third-order valence-electron chi connectivity index (χ3n) is 6.48. The van der Waals surface area contributed by atoms with E-state index < -0.39 is 5.24 Å². The van der Waals surface area contributed by atoms with E-state index in [-0.39, 0.29) is 23.2 Å². The van der Waals surface area contributed by atoms with Gasteiger partial charge < -0.3 is 10.6 Å². The summed E-state index contributed by atoms with van der Waals surface area (Å²) in [6.07, 6.45) is 5.12. The van der Waals surface area contributed by atoms with Crippen molar-refractivity contribution in [3.05, 3.63) is 58.9 Å². The molecular formula is C22H24Cl2N4O2. The molecule has 2 fully saturated rings.